The van der Waals surface area contributed by atoms with Crippen LogP contribution in [0.4, 0.5) is 0 Å². The maximum absolute atomic E-state index is 12.6. The van der Waals surface area contributed by atoms with Gasteiger partial charge in [0.05, 0.1) is 0 Å². The van der Waals surface area contributed by atoms with Crippen LogP contribution in [0.1, 0.15) is 52.9 Å². The molecule has 0 aliphatic heterocycles. The predicted molar refractivity (Wildman–Crippen MR) is 78.3 cm³/mol. The molecule has 0 heterocycles. The molecular formula is C15H27N3O2. The Bertz CT molecular complexity index is 402. The molecule has 3 unspecified atom stereocenters. The van der Waals surface area contributed by atoms with Crippen LogP contribution in [0.25, 0.3) is 0 Å². The summed E-state index contributed by atoms with van der Waals surface area (Å²) in [6, 6.07) is 0.220. The second-order valence-corrected chi connectivity index (χ2v) is 7.06. The number of carbonyl (C=O) groups is 1. The lowest BCUT2D eigenvalue weighted by Gasteiger charge is -2.45. The lowest BCUT2D eigenvalue weighted by Crippen LogP contribution is -2.59. The van der Waals surface area contributed by atoms with Gasteiger partial charge in [-0.15, -0.1) is 0 Å². The van der Waals surface area contributed by atoms with Crippen molar-refractivity contribution in [3.05, 3.63) is 0 Å². The summed E-state index contributed by atoms with van der Waals surface area (Å²) >= 11 is 0. The van der Waals surface area contributed by atoms with Crippen LogP contribution in [0.15, 0.2) is 5.16 Å². The molecule has 2 saturated carbocycles. The number of carbonyl (C=O) groups excluding carboxylic acids is 1. The van der Waals surface area contributed by atoms with Crippen LogP contribution in [0.2, 0.25) is 0 Å². The zero-order valence-electron chi connectivity index (χ0n) is 12.7. The molecule has 2 rings (SSSR count). The van der Waals surface area contributed by atoms with Crippen molar-refractivity contribution in [2.75, 3.05) is 0 Å². The Balaban J connectivity index is 2.03. The zero-order valence-corrected chi connectivity index (χ0v) is 12.7. The summed E-state index contributed by atoms with van der Waals surface area (Å²) in [4.78, 5) is 12.6. The summed E-state index contributed by atoms with van der Waals surface area (Å²) in [5.74, 6) is 1.68. The molecule has 114 valence electrons. The first-order valence-corrected chi connectivity index (χ1v) is 7.68. The van der Waals surface area contributed by atoms with Crippen molar-refractivity contribution in [2.45, 2.75) is 58.9 Å². The molecule has 0 aromatic carbocycles. The highest BCUT2D eigenvalue weighted by Gasteiger charge is 2.52. The van der Waals surface area contributed by atoms with E-state index in [-0.39, 0.29) is 17.8 Å². The SMILES string of the molecule is CC1CCC(NC(=O)C2(C(N)=NO)CC(C)C2)C(C)C1. The first kappa shape index (κ1) is 15.1. The van der Waals surface area contributed by atoms with Crippen molar-refractivity contribution < 1.29 is 10.0 Å². The summed E-state index contributed by atoms with van der Waals surface area (Å²) < 4.78 is 0. The largest absolute Gasteiger partial charge is 0.409 e. The van der Waals surface area contributed by atoms with Crippen molar-refractivity contribution in [3.8, 4) is 0 Å². The van der Waals surface area contributed by atoms with Gasteiger partial charge in [0.15, 0.2) is 5.84 Å². The standard InChI is InChI=1S/C15H27N3O2/c1-9-4-5-12(11(3)6-9)17-14(19)15(13(16)18-20)7-10(2)8-15/h9-12,20H,4-8H2,1-3H3,(H2,16,18)(H,17,19). The molecule has 2 aliphatic rings. The molecule has 0 saturated heterocycles. The van der Waals surface area contributed by atoms with Gasteiger partial charge in [-0.2, -0.15) is 0 Å². The third kappa shape index (κ3) is 2.63. The van der Waals surface area contributed by atoms with Gasteiger partial charge in [0, 0.05) is 6.04 Å². The maximum Gasteiger partial charge on any atom is 0.234 e. The average molecular weight is 281 g/mol. The number of hydrogen-bond donors (Lipinski definition) is 3. The molecule has 0 spiro atoms. The van der Waals surface area contributed by atoms with Gasteiger partial charge in [-0.25, -0.2) is 0 Å². The van der Waals surface area contributed by atoms with E-state index in [2.05, 4.69) is 31.2 Å². The van der Waals surface area contributed by atoms with Crippen LogP contribution in [-0.4, -0.2) is 23.0 Å². The summed E-state index contributed by atoms with van der Waals surface area (Å²) in [6.07, 6.45) is 4.68. The summed E-state index contributed by atoms with van der Waals surface area (Å²) in [6.45, 7) is 6.54. The minimum Gasteiger partial charge on any atom is -0.409 e. The first-order valence-electron chi connectivity index (χ1n) is 7.68. The van der Waals surface area contributed by atoms with E-state index in [1.54, 1.807) is 0 Å². The fourth-order valence-electron chi connectivity index (χ4n) is 3.92. The number of rotatable bonds is 3. The highest BCUT2D eigenvalue weighted by molar-refractivity contribution is 6.07. The second kappa shape index (κ2) is 5.62. The van der Waals surface area contributed by atoms with E-state index in [1.807, 2.05) is 0 Å². The predicted octanol–water partition coefficient (Wildman–Crippen LogP) is 2.09. The van der Waals surface area contributed by atoms with Crippen LogP contribution in [0, 0.1) is 23.2 Å². The van der Waals surface area contributed by atoms with Gasteiger partial charge in [-0.1, -0.05) is 25.9 Å². The van der Waals surface area contributed by atoms with Crippen molar-refractivity contribution >= 4 is 11.7 Å². The summed E-state index contributed by atoms with van der Waals surface area (Å²) in [7, 11) is 0. The van der Waals surface area contributed by atoms with Gasteiger partial charge >= 0.3 is 0 Å². The number of oxime groups is 1. The van der Waals surface area contributed by atoms with Gasteiger partial charge in [-0.05, 0) is 49.9 Å². The van der Waals surface area contributed by atoms with Gasteiger partial charge < -0.3 is 16.3 Å². The minimum atomic E-state index is -0.781. The number of hydrogen-bond acceptors (Lipinski definition) is 3. The van der Waals surface area contributed by atoms with Gasteiger partial charge in [0.1, 0.15) is 5.41 Å². The van der Waals surface area contributed by atoms with E-state index in [0.717, 1.165) is 25.2 Å². The Kier molecular flexibility index (Phi) is 4.25. The second-order valence-electron chi connectivity index (χ2n) is 7.06. The van der Waals surface area contributed by atoms with Crippen molar-refractivity contribution in [1.82, 2.24) is 5.32 Å². The van der Waals surface area contributed by atoms with E-state index >= 15 is 0 Å². The quantitative estimate of drug-likeness (QED) is 0.320. The van der Waals surface area contributed by atoms with Crippen LogP contribution < -0.4 is 11.1 Å². The molecule has 20 heavy (non-hydrogen) atoms. The topological polar surface area (TPSA) is 87.7 Å². The van der Waals surface area contributed by atoms with Crippen molar-refractivity contribution in [3.63, 3.8) is 0 Å². The van der Waals surface area contributed by atoms with E-state index in [1.165, 1.54) is 0 Å². The monoisotopic (exact) mass is 281 g/mol. The fourth-order valence-corrected chi connectivity index (χ4v) is 3.92. The molecule has 0 bridgehead atoms. The van der Waals surface area contributed by atoms with Crippen LogP contribution in [-0.2, 0) is 4.79 Å². The Hall–Kier alpha value is -1.26. The zero-order chi connectivity index (χ0) is 14.9. The van der Waals surface area contributed by atoms with Crippen molar-refractivity contribution in [2.24, 2.45) is 34.1 Å². The maximum atomic E-state index is 12.6. The van der Waals surface area contributed by atoms with E-state index in [9.17, 15) is 4.79 Å². The molecule has 0 aromatic heterocycles. The van der Waals surface area contributed by atoms with Crippen molar-refractivity contribution in [1.29, 1.82) is 0 Å². The molecule has 5 heteroatoms. The number of nitrogens with zero attached hydrogens (tertiary/aromatic N) is 1. The summed E-state index contributed by atoms with van der Waals surface area (Å²) in [5, 5.41) is 15.2. The highest BCUT2D eigenvalue weighted by Crippen LogP contribution is 2.46. The number of amidine groups is 1. The van der Waals surface area contributed by atoms with Gasteiger partial charge in [-0.3, -0.25) is 4.79 Å². The molecule has 2 fully saturated rings. The molecule has 1 amide bonds. The Labute approximate surface area is 121 Å². The van der Waals surface area contributed by atoms with E-state index in [0.29, 0.717) is 24.7 Å². The Morgan fingerprint density at radius 1 is 1.25 bits per heavy atom. The lowest BCUT2D eigenvalue weighted by molar-refractivity contribution is -0.134. The van der Waals surface area contributed by atoms with Crippen LogP contribution in [0.3, 0.4) is 0 Å². The number of nitrogens with two attached hydrogens (primary N) is 1. The third-order valence-electron chi connectivity index (χ3n) is 5.17. The van der Waals surface area contributed by atoms with Crippen LogP contribution >= 0.6 is 0 Å². The molecule has 4 N–H and O–H groups in total. The molecule has 3 atom stereocenters. The smallest absolute Gasteiger partial charge is 0.234 e. The van der Waals surface area contributed by atoms with E-state index < -0.39 is 5.41 Å². The molecule has 0 radical (unpaired) electrons. The van der Waals surface area contributed by atoms with Gasteiger partial charge in [0.2, 0.25) is 5.91 Å². The molecular weight excluding hydrogens is 254 g/mol. The highest BCUT2D eigenvalue weighted by atomic mass is 16.4. The lowest BCUT2D eigenvalue weighted by atomic mass is 9.61. The Morgan fingerprint density at radius 3 is 2.40 bits per heavy atom. The number of amides is 1. The molecule has 2 aliphatic carbocycles. The molecule has 5 nitrogen and oxygen atoms in total. The summed E-state index contributed by atoms with van der Waals surface area (Å²) in [5.41, 5.74) is 5.00. The molecule has 0 aromatic rings. The normalized spacial score (nSPS) is 41.9. The van der Waals surface area contributed by atoms with E-state index in [4.69, 9.17) is 10.9 Å². The minimum absolute atomic E-state index is 0.0581. The Morgan fingerprint density at radius 2 is 1.90 bits per heavy atom. The fraction of sp³-hybridized carbons (Fsp3) is 0.867. The van der Waals surface area contributed by atoms with Gasteiger partial charge in [0.25, 0.3) is 0 Å². The van der Waals surface area contributed by atoms with Crippen LogP contribution in [0.5, 0.6) is 0 Å². The first-order chi connectivity index (χ1) is 9.39. The number of nitrogens with one attached hydrogen (secondary N) is 1. The third-order valence-corrected chi connectivity index (χ3v) is 5.17. The average Bonchev–Trinajstić information content (AvgIpc) is 2.37.